The number of rotatable bonds is 4. The molecule has 18 heavy (non-hydrogen) atoms. The molecular formula is C12H16Cl3N3. The Labute approximate surface area is 122 Å². The van der Waals surface area contributed by atoms with E-state index in [-0.39, 0.29) is 11.8 Å². The van der Waals surface area contributed by atoms with Gasteiger partial charge in [0, 0.05) is 5.70 Å². The number of benzene rings is 1. The van der Waals surface area contributed by atoms with E-state index in [4.69, 9.17) is 46.4 Å². The number of para-hydroxylation sites is 1. The van der Waals surface area contributed by atoms with Crippen LogP contribution in [0.3, 0.4) is 0 Å². The number of nitrogens with zero attached hydrogens (tertiary/aromatic N) is 1. The second kappa shape index (κ2) is 6.53. The molecule has 3 nitrogen and oxygen atoms in total. The van der Waals surface area contributed by atoms with E-state index in [0.29, 0.717) is 27.1 Å². The van der Waals surface area contributed by atoms with Crippen molar-refractivity contribution in [1.29, 1.82) is 0 Å². The predicted molar refractivity (Wildman–Crippen MR) is 79.9 cm³/mol. The van der Waals surface area contributed by atoms with Gasteiger partial charge in [0.15, 0.2) is 0 Å². The number of anilines is 1. The van der Waals surface area contributed by atoms with Crippen LogP contribution in [0.5, 0.6) is 0 Å². The van der Waals surface area contributed by atoms with Crippen LogP contribution >= 0.6 is 34.8 Å². The topological polar surface area (TPSA) is 55.3 Å². The van der Waals surface area contributed by atoms with Gasteiger partial charge >= 0.3 is 0 Å². The van der Waals surface area contributed by atoms with E-state index in [1.165, 1.54) is 5.01 Å². The standard InChI is InChI=1S/C12H16Cl3N3/c1-7(2)11(16)10(6-13)18(17)12-8(14)4-3-5-9(12)15/h3-5,7H,6,16-17H2,1-2H3/b11-10-. The molecule has 0 fully saturated rings. The molecule has 1 aromatic rings. The molecule has 1 rings (SSSR count). The molecule has 0 saturated carbocycles. The number of halogens is 3. The van der Waals surface area contributed by atoms with Gasteiger partial charge in [0.05, 0.1) is 27.3 Å². The molecule has 6 heteroatoms. The first kappa shape index (κ1) is 15.4. The summed E-state index contributed by atoms with van der Waals surface area (Å²) in [5.74, 6) is 6.35. The van der Waals surface area contributed by atoms with Gasteiger partial charge in [0.1, 0.15) is 0 Å². The fourth-order valence-corrected chi connectivity index (χ4v) is 2.33. The Morgan fingerprint density at radius 1 is 1.28 bits per heavy atom. The van der Waals surface area contributed by atoms with Crippen LogP contribution in [0.2, 0.25) is 10.0 Å². The van der Waals surface area contributed by atoms with Gasteiger partial charge in [-0.25, -0.2) is 5.84 Å². The predicted octanol–water partition coefficient (Wildman–Crippen LogP) is 3.74. The van der Waals surface area contributed by atoms with Crippen LogP contribution in [0.4, 0.5) is 5.69 Å². The molecule has 0 aliphatic rings. The highest BCUT2D eigenvalue weighted by atomic mass is 35.5. The molecule has 0 bridgehead atoms. The first-order valence-corrected chi connectivity index (χ1v) is 6.72. The van der Waals surface area contributed by atoms with Gasteiger partial charge in [-0.3, -0.25) is 5.01 Å². The fourth-order valence-electron chi connectivity index (χ4n) is 1.47. The molecule has 0 aliphatic carbocycles. The molecule has 0 aromatic heterocycles. The third kappa shape index (κ3) is 3.23. The summed E-state index contributed by atoms with van der Waals surface area (Å²) in [6, 6.07) is 5.16. The van der Waals surface area contributed by atoms with Crippen molar-refractivity contribution in [2.24, 2.45) is 17.5 Å². The maximum absolute atomic E-state index is 6.10. The number of nitrogens with two attached hydrogens (primary N) is 2. The molecule has 0 atom stereocenters. The van der Waals surface area contributed by atoms with Crippen molar-refractivity contribution >= 4 is 40.5 Å². The van der Waals surface area contributed by atoms with Crippen LogP contribution in [0, 0.1) is 5.92 Å². The number of hydrogen-bond donors (Lipinski definition) is 2. The second-order valence-electron chi connectivity index (χ2n) is 4.13. The molecule has 0 radical (unpaired) electrons. The normalized spacial score (nSPS) is 12.6. The number of alkyl halides is 1. The second-order valence-corrected chi connectivity index (χ2v) is 5.21. The van der Waals surface area contributed by atoms with Crippen molar-refractivity contribution in [2.45, 2.75) is 13.8 Å². The third-order valence-electron chi connectivity index (χ3n) is 2.55. The maximum atomic E-state index is 6.10. The van der Waals surface area contributed by atoms with Crippen molar-refractivity contribution in [2.75, 3.05) is 10.9 Å². The molecule has 4 N–H and O–H groups in total. The third-order valence-corrected chi connectivity index (χ3v) is 3.41. The largest absolute Gasteiger partial charge is 0.400 e. The van der Waals surface area contributed by atoms with Gasteiger partial charge in [-0.2, -0.15) is 0 Å². The zero-order valence-electron chi connectivity index (χ0n) is 10.3. The highest BCUT2D eigenvalue weighted by Crippen LogP contribution is 2.34. The van der Waals surface area contributed by atoms with Crippen LogP contribution in [-0.2, 0) is 0 Å². The molecule has 0 unspecified atom stereocenters. The average molecular weight is 309 g/mol. The van der Waals surface area contributed by atoms with E-state index < -0.39 is 0 Å². The Hall–Kier alpha value is -0.610. The molecule has 1 aromatic carbocycles. The lowest BCUT2D eigenvalue weighted by Crippen LogP contribution is -2.34. The van der Waals surface area contributed by atoms with Crippen LogP contribution in [0.1, 0.15) is 13.8 Å². The lowest BCUT2D eigenvalue weighted by molar-refractivity contribution is 0.732. The zero-order valence-corrected chi connectivity index (χ0v) is 12.5. The smallest absolute Gasteiger partial charge is 0.0945 e. The molecule has 0 heterocycles. The molecule has 0 saturated heterocycles. The Bertz CT molecular complexity index is 438. The number of hydrazine groups is 1. The summed E-state index contributed by atoms with van der Waals surface area (Å²) < 4.78 is 0. The zero-order chi connectivity index (χ0) is 13.9. The Balaban J connectivity index is 3.28. The SMILES string of the molecule is CC(C)/C(N)=C(\CCl)N(N)c1c(Cl)cccc1Cl. The fraction of sp³-hybridized carbons (Fsp3) is 0.333. The van der Waals surface area contributed by atoms with E-state index in [9.17, 15) is 0 Å². The van der Waals surface area contributed by atoms with E-state index in [2.05, 4.69) is 0 Å². The van der Waals surface area contributed by atoms with E-state index in [0.717, 1.165) is 0 Å². The Morgan fingerprint density at radius 3 is 2.17 bits per heavy atom. The monoisotopic (exact) mass is 307 g/mol. The van der Waals surface area contributed by atoms with Gasteiger partial charge in [-0.05, 0) is 18.1 Å². The minimum Gasteiger partial charge on any atom is -0.400 e. The quantitative estimate of drug-likeness (QED) is 0.506. The summed E-state index contributed by atoms with van der Waals surface area (Å²) in [6.07, 6.45) is 0. The van der Waals surface area contributed by atoms with Crippen LogP contribution in [-0.4, -0.2) is 5.88 Å². The minimum atomic E-state index is 0.131. The van der Waals surface area contributed by atoms with Gasteiger partial charge in [0.25, 0.3) is 0 Å². The summed E-state index contributed by atoms with van der Waals surface area (Å²) in [7, 11) is 0. The van der Waals surface area contributed by atoms with Crippen LogP contribution in [0.25, 0.3) is 0 Å². The number of hydrogen-bond acceptors (Lipinski definition) is 3. The molecule has 0 spiro atoms. The summed E-state index contributed by atoms with van der Waals surface area (Å²) in [5, 5.41) is 2.25. The van der Waals surface area contributed by atoms with E-state index in [1.807, 2.05) is 13.8 Å². The highest BCUT2D eigenvalue weighted by molar-refractivity contribution is 6.39. The lowest BCUT2D eigenvalue weighted by atomic mass is 10.1. The van der Waals surface area contributed by atoms with Gasteiger partial charge in [-0.15, -0.1) is 11.6 Å². The van der Waals surface area contributed by atoms with Crippen molar-refractivity contribution < 1.29 is 0 Å². The highest BCUT2D eigenvalue weighted by Gasteiger charge is 2.18. The summed E-state index contributed by atoms with van der Waals surface area (Å²) in [5.41, 5.74) is 7.71. The van der Waals surface area contributed by atoms with Crippen LogP contribution < -0.4 is 16.6 Å². The van der Waals surface area contributed by atoms with Crippen LogP contribution in [0.15, 0.2) is 29.6 Å². The van der Waals surface area contributed by atoms with E-state index in [1.54, 1.807) is 18.2 Å². The first-order valence-electron chi connectivity index (χ1n) is 5.43. The van der Waals surface area contributed by atoms with Crippen molar-refractivity contribution in [3.63, 3.8) is 0 Å². The lowest BCUT2D eigenvalue weighted by Gasteiger charge is -2.25. The first-order chi connectivity index (χ1) is 8.40. The number of allylic oxidation sites excluding steroid dienone is 2. The van der Waals surface area contributed by atoms with Crippen molar-refractivity contribution in [1.82, 2.24) is 0 Å². The van der Waals surface area contributed by atoms with E-state index >= 15 is 0 Å². The van der Waals surface area contributed by atoms with Crippen molar-refractivity contribution in [3.8, 4) is 0 Å². The molecular weight excluding hydrogens is 293 g/mol. The Morgan fingerprint density at radius 2 is 1.78 bits per heavy atom. The van der Waals surface area contributed by atoms with Gasteiger partial charge in [-0.1, -0.05) is 43.1 Å². The molecule has 0 aliphatic heterocycles. The van der Waals surface area contributed by atoms with Crippen molar-refractivity contribution in [3.05, 3.63) is 39.6 Å². The summed E-state index contributed by atoms with van der Waals surface area (Å²) in [4.78, 5) is 0. The summed E-state index contributed by atoms with van der Waals surface area (Å²) >= 11 is 18.1. The minimum absolute atomic E-state index is 0.131. The molecule has 0 amide bonds. The van der Waals surface area contributed by atoms with Gasteiger partial charge in [0.2, 0.25) is 0 Å². The maximum Gasteiger partial charge on any atom is 0.0945 e. The average Bonchev–Trinajstić information content (AvgIpc) is 2.29. The summed E-state index contributed by atoms with van der Waals surface area (Å²) in [6.45, 7) is 3.92. The van der Waals surface area contributed by atoms with Gasteiger partial charge < -0.3 is 5.73 Å². The molecule has 100 valence electrons. The Kier molecular flexibility index (Phi) is 5.60.